The first kappa shape index (κ1) is 18.9. The number of halogens is 2. The molecule has 1 atom stereocenters. The number of hydrogen-bond donors (Lipinski definition) is 2. The molecule has 0 radical (unpaired) electrons. The standard InChI is InChI=1S/C20H23F2N3O3/c1-20(2,23)10-5-6-24(8-10)17-14(21)7-12-16(15(17)22)25(11-3-4-11)9-13(18(12)26)19(27)28/h7,9-11H,3-6,8,23H2,1-2H3,(H,27,28)/t10-/m0/s1. The summed E-state index contributed by atoms with van der Waals surface area (Å²) < 4.78 is 31.9. The maximum Gasteiger partial charge on any atom is 0.341 e. The minimum absolute atomic E-state index is 0.0237. The van der Waals surface area contributed by atoms with Crippen LogP contribution in [0.4, 0.5) is 14.5 Å². The monoisotopic (exact) mass is 391 g/mol. The van der Waals surface area contributed by atoms with E-state index in [4.69, 9.17) is 5.73 Å². The van der Waals surface area contributed by atoms with Gasteiger partial charge in [0.25, 0.3) is 0 Å². The molecule has 8 heteroatoms. The largest absolute Gasteiger partial charge is 0.477 e. The van der Waals surface area contributed by atoms with Crippen molar-refractivity contribution in [2.45, 2.75) is 44.7 Å². The fourth-order valence-electron chi connectivity index (χ4n) is 4.09. The van der Waals surface area contributed by atoms with Crippen molar-refractivity contribution < 1.29 is 18.7 Å². The third-order valence-corrected chi connectivity index (χ3v) is 5.91. The maximum absolute atomic E-state index is 15.5. The second-order valence-corrected chi connectivity index (χ2v) is 8.49. The van der Waals surface area contributed by atoms with Crippen molar-refractivity contribution in [1.82, 2.24) is 4.57 Å². The van der Waals surface area contributed by atoms with Crippen LogP contribution in [-0.4, -0.2) is 34.3 Å². The number of nitrogens with zero attached hydrogens (tertiary/aromatic N) is 2. The molecule has 0 spiro atoms. The summed E-state index contributed by atoms with van der Waals surface area (Å²) in [5, 5.41) is 9.07. The third-order valence-electron chi connectivity index (χ3n) is 5.91. The number of carboxylic acid groups (broad SMARTS) is 1. The zero-order valence-electron chi connectivity index (χ0n) is 15.8. The molecule has 1 aromatic heterocycles. The molecule has 1 aliphatic carbocycles. The van der Waals surface area contributed by atoms with Crippen LogP contribution in [0.1, 0.15) is 49.5 Å². The number of anilines is 1. The van der Waals surface area contributed by atoms with Crippen molar-refractivity contribution in [3.05, 3.63) is 39.7 Å². The van der Waals surface area contributed by atoms with Crippen LogP contribution in [-0.2, 0) is 0 Å². The first-order valence-corrected chi connectivity index (χ1v) is 9.43. The fourth-order valence-corrected chi connectivity index (χ4v) is 4.09. The molecule has 1 saturated carbocycles. The van der Waals surface area contributed by atoms with E-state index >= 15 is 4.39 Å². The van der Waals surface area contributed by atoms with Gasteiger partial charge in [-0.25, -0.2) is 13.6 Å². The summed E-state index contributed by atoms with van der Waals surface area (Å²) in [6, 6.07) is 0.894. The quantitative estimate of drug-likeness (QED) is 0.837. The first-order valence-electron chi connectivity index (χ1n) is 9.43. The summed E-state index contributed by atoms with van der Waals surface area (Å²) in [5.74, 6) is -2.99. The lowest BCUT2D eigenvalue weighted by Gasteiger charge is -2.28. The van der Waals surface area contributed by atoms with Gasteiger partial charge in [-0.05, 0) is 45.1 Å². The average Bonchev–Trinajstić information content (AvgIpc) is 3.31. The summed E-state index contributed by atoms with van der Waals surface area (Å²) in [7, 11) is 0. The zero-order valence-corrected chi connectivity index (χ0v) is 15.8. The molecule has 0 bridgehead atoms. The predicted octanol–water partition coefficient (Wildman–Crippen LogP) is 2.88. The number of aromatic nitrogens is 1. The highest BCUT2D eigenvalue weighted by Gasteiger charge is 2.36. The lowest BCUT2D eigenvalue weighted by Crippen LogP contribution is -2.42. The van der Waals surface area contributed by atoms with Crippen molar-refractivity contribution >= 4 is 22.6 Å². The molecule has 28 heavy (non-hydrogen) atoms. The minimum Gasteiger partial charge on any atom is -0.477 e. The Morgan fingerprint density at radius 3 is 2.50 bits per heavy atom. The molecule has 6 nitrogen and oxygen atoms in total. The van der Waals surface area contributed by atoms with E-state index < -0.39 is 34.1 Å². The molecule has 2 aliphatic rings. The lowest BCUT2D eigenvalue weighted by atomic mass is 9.88. The normalized spacial score (nSPS) is 20.2. The van der Waals surface area contributed by atoms with Gasteiger partial charge in [0, 0.05) is 30.9 Å². The van der Waals surface area contributed by atoms with E-state index in [1.807, 2.05) is 13.8 Å². The molecule has 4 rings (SSSR count). The van der Waals surface area contributed by atoms with Crippen molar-refractivity contribution in [1.29, 1.82) is 0 Å². The van der Waals surface area contributed by atoms with Crippen LogP contribution in [0.2, 0.25) is 0 Å². The molecular weight excluding hydrogens is 368 g/mol. The first-order chi connectivity index (χ1) is 13.1. The lowest BCUT2D eigenvalue weighted by molar-refractivity contribution is 0.0694. The van der Waals surface area contributed by atoms with Crippen LogP contribution >= 0.6 is 0 Å². The van der Waals surface area contributed by atoms with E-state index in [0.717, 1.165) is 18.9 Å². The van der Waals surface area contributed by atoms with Gasteiger partial charge in [-0.3, -0.25) is 4.79 Å². The van der Waals surface area contributed by atoms with Crippen LogP contribution in [0, 0.1) is 17.6 Å². The van der Waals surface area contributed by atoms with E-state index in [9.17, 15) is 19.1 Å². The van der Waals surface area contributed by atoms with Gasteiger partial charge in [-0.2, -0.15) is 0 Å². The summed E-state index contributed by atoms with van der Waals surface area (Å²) in [5.41, 5.74) is 4.16. The Bertz CT molecular complexity index is 1040. The zero-order chi connectivity index (χ0) is 20.4. The van der Waals surface area contributed by atoms with Crippen molar-refractivity contribution in [3.63, 3.8) is 0 Å². The second-order valence-electron chi connectivity index (χ2n) is 8.49. The van der Waals surface area contributed by atoms with Gasteiger partial charge < -0.3 is 20.3 Å². The molecule has 1 saturated heterocycles. The van der Waals surface area contributed by atoms with Crippen LogP contribution in [0.15, 0.2) is 17.1 Å². The Morgan fingerprint density at radius 1 is 1.29 bits per heavy atom. The highest BCUT2D eigenvalue weighted by atomic mass is 19.1. The SMILES string of the molecule is CC(C)(N)[C@H]1CCN(c2c(F)cc3c(=O)c(C(=O)O)cn(C4CC4)c3c2F)C1. The van der Waals surface area contributed by atoms with Crippen LogP contribution < -0.4 is 16.1 Å². The molecule has 2 aromatic rings. The smallest absolute Gasteiger partial charge is 0.341 e. The van der Waals surface area contributed by atoms with E-state index in [1.165, 1.54) is 10.8 Å². The second kappa shape index (κ2) is 6.27. The Labute approximate surface area is 160 Å². The maximum atomic E-state index is 15.5. The topological polar surface area (TPSA) is 88.6 Å². The Morgan fingerprint density at radius 2 is 1.96 bits per heavy atom. The summed E-state index contributed by atoms with van der Waals surface area (Å²) in [6.45, 7) is 4.67. The molecule has 0 unspecified atom stereocenters. The summed E-state index contributed by atoms with van der Waals surface area (Å²) in [4.78, 5) is 25.6. The van der Waals surface area contributed by atoms with Crippen molar-refractivity contribution in [2.75, 3.05) is 18.0 Å². The molecule has 150 valence electrons. The van der Waals surface area contributed by atoms with Crippen molar-refractivity contribution in [3.8, 4) is 0 Å². The van der Waals surface area contributed by atoms with Gasteiger partial charge in [0.15, 0.2) is 5.82 Å². The predicted molar refractivity (Wildman–Crippen MR) is 102 cm³/mol. The van der Waals surface area contributed by atoms with Gasteiger partial charge in [0.1, 0.15) is 17.1 Å². The van der Waals surface area contributed by atoms with Gasteiger partial charge in [-0.1, -0.05) is 0 Å². The number of pyridine rings is 1. The number of fused-ring (bicyclic) bond motifs is 1. The number of benzene rings is 1. The van der Waals surface area contributed by atoms with E-state index in [1.54, 1.807) is 4.90 Å². The van der Waals surface area contributed by atoms with E-state index in [0.29, 0.717) is 19.5 Å². The molecule has 0 amide bonds. The average molecular weight is 391 g/mol. The molecular formula is C20H23F2N3O3. The molecule has 2 heterocycles. The highest BCUT2D eigenvalue weighted by molar-refractivity contribution is 5.94. The van der Waals surface area contributed by atoms with Gasteiger partial charge in [0.05, 0.1) is 10.9 Å². The van der Waals surface area contributed by atoms with E-state index in [-0.39, 0.29) is 28.6 Å². The van der Waals surface area contributed by atoms with Crippen LogP contribution in [0.3, 0.4) is 0 Å². The van der Waals surface area contributed by atoms with Gasteiger partial charge >= 0.3 is 5.97 Å². The van der Waals surface area contributed by atoms with Crippen LogP contribution in [0.25, 0.3) is 10.9 Å². The van der Waals surface area contributed by atoms with E-state index in [2.05, 4.69) is 0 Å². The summed E-state index contributed by atoms with van der Waals surface area (Å²) in [6.07, 6.45) is 3.42. The Hall–Kier alpha value is -2.48. The number of carboxylic acids is 1. The Kier molecular flexibility index (Phi) is 4.22. The molecule has 2 fully saturated rings. The minimum atomic E-state index is -1.40. The Balaban J connectivity index is 1.91. The number of aromatic carboxylic acids is 1. The van der Waals surface area contributed by atoms with Gasteiger partial charge in [-0.15, -0.1) is 0 Å². The number of carbonyl (C=O) groups is 1. The molecule has 1 aliphatic heterocycles. The number of rotatable bonds is 4. The molecule has 1 aromatic carbocycles. The molecule has 3 N–H and O–H groups in total. The highest BCUT2D eigenvalue weighted by Crippen LogP contribution is 2.40. The van der Waals surface area contributed by atoms with Crippen molar-refractivity contribution in [2.24, 2.45) is 11.7 Å². The van der Waals surface area contributed by atoms with Gasteiger partial charge in [0.2, 0.25) is 5.43 Å². The third kappa shape index (κ3) is 2.96. The summed E-state index contributed by atoms with van der Waals surface area (Å²) >= 11 is 0. The number of hydrogen-bond acceptors (Lipinski definition) is 4. The fraction of sp³-hybridized carbons (Fsp3) is 0.500. The van der Waals surface area contributed by atoms with Crippen LogP contribution in [0.5, 0.6) is 0 Å². The number of nitrogens with two attached hydrogens (primary N) is 1.